The first-order chi connectivity index (χ1) is 8.70. The Balaban J connectivity index is 1.97. The molecule has 2 atom stereocenters. The summed E-state index contributed by atoms with van der Waals surface area (Å²) in [5.74, 6) is 2.63. The minimum absolute atomic E-state index is 0.0138. The Morgan fingerprint density at radius 2 is 2.39 bits per heavy atom. The van der Waals surface area contributed by atoms with Gasteiger partial charge in [-0.3, -0.25) is 4.79 Å². The molecule has 0 aliphatic carbocycles. The van der Waals surface area contributed by atoms with Gasteiger partial charge in [-0.25, -0.2) is 0 Å². The maximum atomic E-state index is 12.1. The van der Waals surface area contributed by atoms with Gasteiger partial charge in [-0.15, -0.1) is 12.3 Å². The van der Waals surface area contributed by atoms with Crippen LogP contribution in [0.1, 0.15) is 18.9 Å². The van der Waals surface area contributed by atoms with Crippen molar-refractivity contribution in [1.29, 1.82) is 0 Å². The van der Waals surface area contributed by atoms with E-state index in [4.69, 9.17) is 6.42 Å². The van der Waals surface area contributed by atoms with Gasteiger partial charge in [0.05, 0.1) is 5.92 Å². The van der Waals surface area contributed by atoms with Crippen molar-refractivity contribution in [2.75, 3.05) is 11.9 Å². The summed E-state index contributed by atoms with van der Waals surface area (Å²) in [6.45, 7) is 2.62. The van der Waals surface area contributed by atoms with Crippen LogP contribution >= 0.6 is 0 Å². The molecule has 2 rings (SSSR count). The SMILES string of the molecule is C#CCC(C)NC(=O)C1CNc2ccccc2C1. The van der Waals surface area contributed by atoms with Crippen LogP contribution in [0.3, 0.4) is 0 Å². The summed E-state index contributed by atoms with van der Waals surface area (Å²) in [5.41, 5.74) is 2.34. The molecule has 3 heteroatoms. The zero-order valence-electron chi connectivity index (χ0n) is 10.6. The van der Waals surface area contributed by atoms with Gasteiger partial charge in [-0.2, -0.15) is 0 Å². The van der Waals surface area contributed by atoms with E-state index in [2.05, 4.69) is 22.6 Å². The number of fused-ring (bicyclic) bond motifs is 1. The summed E-state index contributed by atoms with van der Waals surface area (Å²) in [6, 6.07) is 8.15. The molecule has 2 N–H and O–H groups in total. The maximum Gasteiger partial charge on any atom is 0.225 e. The molecule has 1 aromatic carbocycles. The van der Waals surface area contributed by atoms with Crippen LogP contribution in [0.2, 0.25) is 0 Å². The molecule has 1 amide bonds. The van der Waals surface area contributed by atoms with Crippen molar-refractivity contribution in [1.82, 2.24) is 5.32 Å². The Morgan fingerprint density at radius 3 is 3.17 bits per heavy atom. The maximum absolute atomic E-state index is 12.1. The number of carbonyl (C=O) groups excluding carboxylic acids is 1. The number of amides is 1. The summed E-state index contributed by atoms with van der Waals surface area (Å²) < 4.78 is 0. The van der Waals surface area contributed by atoms with Gasteiger partial charge in [0.15, 0.2) is 0 Å². The largest absolute Gasteiger partial charge is 0.384 e. The first-order valence-electron chi connectivity index (χ1n) is 6.26. The molecule has 0 radical (unpaired) electrons. The van der Waals surface area contributed by atoms with Crippen molar-refractivity contribution >= 4 is 11.6 Å². The van der Waals surface area contributed by atoms with E-state index in [0.717, 1.165) is 12.1 Å². The van der Waals surface area contributed by atoms with E-state index in [1.165, 1.54) is 5.56 Å². The second-order valence-electron chi connectivity index (χ2n) is 4.76. The Labute approximate surface area is 108 Å². The molecule has 1 aliphatic heterocycles. The van der Waals surface area contributed by atoms with Crippen LogP contribution in [0.5, 0.6) is 0 Å². The lowest BCUT2D eigenvalue weighted by Gasteiger charge is -2.26. The van der Waals surface area contributed by atoms with E-state index in [0.29, 0.717) is 13.0 Å². The third-order valence-electron chi connectivity index (χ3n) is 3.21. The number of carbonyl (C=O) groups is 1. The predicted octanol–water partition coefficient (Wildman–Crippen LogP) is 1.80. The van der Waals surface area contributed by atoms with E-state index in [9.17, 15) is 4.79 Å². The zero-order valence-corrected chi connectivity index (χ0v) is 10.6. The lowest BCUT2D eigenvalue weighted by atomic mass is 9.93. The Kier molecular flexibility index (Phi) is 3.88. The van der Waals surface area contributed by atoms with Gasteiger partial charge in [0.25, 0.3) is 0 Å². The van der Waals surface area contributed by atoms with Crippen molar-refractivity contribution < 1.29 is 4.79 Å². The van der Waals surface area contributed by atoms with E-state index in [1.807, 2.05) is 25.1 Å². The summed E-state index contributed by atoms with van der Waals surface area (Å²) in [7, 11) is 0. The third-order valence-corrected chi connectivity index (χ3v) is 3.21. The number of hydrogen-bond donors (Lipinski definition) is 2. The van der Waals surface area contributed by atoms with Crippen molar-refractivity contribution in [3.8, 4) is 12.3 Å². The number of anilines is 1. The molecule has 1 aliphatic rings. The van der Waals surface area contributed by atoms with Crippen molar-refractivity contribution in [3.63, 3.8) is 0 Å². The van der Waals surface area contributed by atoms with Gasteiger partial charge < -0.3 is 10.6 Å². The monoisotopic (exact) mass is 242 g/mol. The van der Waals surface area contributed by atoms with E-state index >= 15 is 0 Å². The topological polar surface area (TPSA) is 41.1 Å². The first kappa shape index (κ1) is 12.5. The quantitative estimate of drug-likeness (QED) is 0.794. The highest BCUT2D eigenvalue weighted by molar-refractivity contribution is 5.81. The second kappa shape index (κ2) is 5.59. The molecule has 2 unspecified atom stereocenters. The normalized spacial score (nSPS) is 19.0. The number of terminal acetylenes is 1. The summed E-state index contributed by atoms with van der Waals surface area (Å²) in [5, 5.41) is 6.26. The molecule has 0 bridgehead atoms. The third kappa shape index (κ3) is 2.84. The Morgan fingerprint density at radius 1 is 1.61 bits per heavy atom. The van der Waals surface area contributed by atoms with Crippen molar-refractivity contribution in [2.24, 2.45) is 5.92 Å². The molecule has 0 saturated heterocycles. The summed E-state index contributed by atoms with van der Waals surface area (Å²) in [4.78, 5) is 12.1. The number of nitrogens with one attached hydrogen (secondary N) is 2. The van der Waals surface area contributed by atoms with Gasteiger partial charge in [0.1, 0.15) is 0 Å². The van der Waals surface area contributed by atoms with Gasteiger partial charge >= 0.3 is 0 Å². The fourth-order valence-electron chi connectivity index (χ4n) is 2.22. The highest BCUT2D eigenvalue weighted by Crippen LogP contribution is 2.24. The summed E-state index contributed by atoms with van der Waals surface area (Å²) in [6.07, 6.45) is 6.59. The van der Waals surface area contributed by atoms with E-state index in [1.54, 1.807) is 0 Å². The molecule has 0 saturated carbocycles. The fraction of sp³-hybridized carbons (Fsp3) is 0.400. The molecular formula is C15H18N2O. The Bertz CT molecular complexity index is 476. The van der Waals surface area contributed by atoms with Crippen LogP contribution in [0.4, 0.5) is 5.69 Å². The lowest BCUT2D eigenvalue weighted by Crippen LogP contribution is -2.41. The fourth-order valence-corrected chi connectivity index (χ4v) is 2.22. The van der Waals surface area contributed by atoms with E-state index < -0.39 is 0 Å². The van der Waals surface area contributed by atoms with Crippen LogP contribution in [0.25, 0.3) is 0 Å². The first-order valence-corrected chi connectivity index (χ1v) is 6.26. The average molecular weight is 242 g/mol. The molecule has 3 nitrogen and oxygen atoms in total. The molecule has 18 heavy (non-hydrogen) atoms. The average Bonchev–Trinajstić information content (AvgIpc) is 2.38. The van der Waals surface area contributed by atoms with Crippen LogP contribution < -0.4 is 10.6 Å². The van der Waals surface area contributed by atoms with Crippen LogP contribution in [-0.4, -0.2) is 18.5 Å². The highest BCUT2D eigenvalue weighted by Gasteiger charge is 2.24. The van der Waals surface area contributed by atoms with Crippen molar-refractivity contribution in [2.45, 2.75) is 25.8 Å². The number of rotatable bonds is 3. The molecule has 1 heterocycles. The molecule has 0 spiro atoms. The van der Waals surface area contributed by atoms with Gasteiger partial charge in [0, 0.05) is 24.7 Å². The number of benzene rings is 1. The molecule has 1 aromatic rings. The molecular weight excluding hydrogens is 224 g/mol. The number of para-hydroxylation sites is 1. The molecule has 94 valence electrons. The van der Waals surface area contributed by atoms with Crippen LogP contribution in [0, 0.1) is 18.3 Å². The lowest BCUT2D eigenvalue weighted by molar-refractivity contribution is -0.125. The minimum atomic E-state index is -0.0138. The summed E-state index contributed by atoms with van der Waals surface area (Å²) >= 11 is 0. The minimum Gasteiger partial charge on any atom is -0.384 e. The van der Waals surface area contributed by atoms with Crippen LogP contribution in [0.15, 0.2) is 24.3 Å². The van der Waals surface area contributed by atoms with E-state index in [-0.39, 0.29) is 17.9 Å². The van der Waals surface area contributed by atoms with Crippen LogP contribution in [-0.2, 0) is 11.2 Å². The van der Waals surface area contributed by atoms with Gasteiger partial charge in [-0.05, 0) is 25.0 Å². The highest BCUT2D eigenvalue weighted by atomic mass is 16.1. The molecule has 0 aromatic heterocycles. The molecule has 0 fully saturated rings. The second-order valence-corrected chi connectivity index (χ2v) is 4.76. The van der Waals surface area contributed by atoms with Gasteiger partial charge in [-0.1, -0.05) is 18.2 Å². The Hall–Kier alpha value is -1.95. The smallest absolute Gasteiger partial charge is 0.225 e. The predicted molar refractivity (Wildman–Crippen MR) is 73.2 cm³/mol. The van der Waals surface area contributed by atoms with Gasteiger partial charge in [0.2, 0.25) is 5.91 Å². The standard InChI is InChI=1S/C15H18N2O/c1-3-6-11(2)17-15(18)13-9-12-7-4-5-8-14(12)16-10-13/h1,4-5,7-8,11,13,16H,6,9-10H2,2H3,(H,17,18). The zero-order chi connectivity index (χ0) is 13.0. The van der Waals surface area contributed by atoms with Crippen molar-refractivity contribution in [3.05, 3.63) is 29.8 Å². The number of hydrogen-bond acceptors (Lipinski definition) is 2.